The molecule has 1 saturated carbocycles. The van der Waals surface area contributed by atoms with Crippen LogP contribution in [0.2, 0.25) is 0 Å². The molecule has 1 aromatic rings. The van der Waals surface area contributed by atoms with Gasteiger partial charge in [-0.25, -0.2) is 4.79 Å². The zero-order valence-corrected chi connectivity index (χ0v) is 19.7. The van der Waals surface area contributed by atoms with Gasteiger partial charge in [-0.15, -0.1) is 24.0 Å². The highest BCUT2D eigenvalue weighted by molar-refractivity contribution is 14.0. The number of nitrogens with zero attached hydrogens (tertiary/aromatic N) is 2. The molecular formula is C21H35IN4O3. The molecule has 1 amide bonds. The maximum Gasteiger partial charge on any atom is 0.409 e. The largest absolute Gasteiger partial charge is 0.469 e. The van der Waals surface area contributed by atoms with E-state index in [2.05, 4.69) is 10.6 Å². The summed E-state index contributed by atoms with van der Waals surface area (Å²) in [4.78, 5) is 18.5. The average molecular weight is 518 g/mol. The molecule has 2 N–H and O–H groups in total. The first-order valence-corrected chi connectivity index (χ1v) is 10.8. The number of likely N-dealkylation sites (tertiary alicyclic amines) is 1. The van der Waals surface area contributed by atoms with Crippen LogP contribution in [0.15, 0.2) is 27.8 Å². The monoisotopic (exact) mass is 518 g/mol. The molecule has 0 unspecified atom stereocenters. The van der Waals surface area contributed by atoms with E-state index in [-0.39, 0.29) is 30.1 Å². The highest BCUT2D eigenvalue weighted by Gasteiger charge is 2.25. The molecule has 2 fully saturated rings. The smallest absolute Gasteiger partial charge is 0.409 e. The zero-order valence-electron chi connectivity index (χ0n) is 17.4. The van der Waals surface area contributed by atoms with Crippen molar-refractivity contribution in [1.82, 2.24) is 15.5 Å². The van der Waals surface area contributed by atoms with E-state index >= 15 is 0 Å². The third-order valence-electron chi connectivity index (χ3n) is 5.52. The van der Waals surface area contributed by atoms with E-state index in [4.69, 9.17) is 14.1 Å². The van der Waals surface area contributed by atoms with Gasteiger partial charge in [-0.1, -0.05) is 19.3 Å². The lowest BCUT2D eigenvalue weighted by molar-refractivity contribution is 0.0963. The van der Waals surface area contributed by atoms with Gasteiger partial charge in [-0.3, -0.25) is 4.99 Å². The second-order valence-corrected chi connectivity index (χ2v) is 7.64. The predicted molar refractivity (Wildman–Crippen MR) is 125 cm³/mol. The Morgan fingerprint density at radius 1 is 1.17 bits per heavy atom. The number of aliphatic imine (C=N–C) groups is 1. The molecule has 2 aliphatic rings. The third-order valence-corrected chi connectivity index (χ3v) is 5.52. The van der Waals surface area contributed by atoms with Crippen LogP contribution < -0.4 is 10.6 Å². The maximum atomic E-state index is 11.9. The van der Waals surface area contributed by atoms with Crippen molar-refractivity contribution in [3.8, 4) is 0 Å². The number of amides is 1. The molecule has 3 rings (SSSR count). The van der Waals surface area contributed by atoms with Gasteiger partial charge in [0.1, 0.15) is 5.76 Å². The van der Waals surface area contributed by atoms with Crippen LogP contribution in [0, 0.1) is 0 Å². The number of carbonyl (C=O) groups is 1. The number of nitrogens with one attached hydrogen (secondary N) is 2. The second-order valence-electron chi connectivity index (χ2n) is 7.64. The van der Waals surface area contributed by atoms with Gasteiger partial charge in [0, 0.05) is 38.1 Å². The molecule has 0 bridgehead atoms. The molecule has 164 valence electrons. The molecule has 0 spiro atoms. The van der Waals surface area contributed by atoms with E-state index in [1.807, 2.05) is 19.1 Å². The van der Waals surface area contributed by atoms with E-state index in [0.717, 1.165) is 44.1 Å². The molecule has 0 aromatic carbocycles. The van der Waals surface area contributed by atoms with E-state index in [1.165, 1.54) is 32.1 Å². The quantitative estimate of drug-likeness (QED) is 0.339. The molecule has 7 nitrogen and oxygen atoms in total. The first-order chi connectivity index (χ1) is 13.7. The second kappa shape index (κ2) is 13.0. The van der Waals surface area contributed by atoms with Gasteiger partial charge < -0.3 is 24.7 Å². The van der Waals surface area contributed by atoms with Crippen LogP contribution in [0.4, 0.5) is 4.79 Å². The van der Waals surface area contributed by atoms with E-state index < -0.39 is 0 Å². The summed E-state index contributed by atoms with van der Waals surface area (Å²) in [6.07, 6.45) is 10.4. The van der Waals surface area contributed by atoms with E-state index in [1.54, 1.807) is 11.2 Å². The Kier molecular flexibility index (Phi) is 10.7. The number of piperidine rings is 1. The highest BCUT2D eigenvalue weighted by Crippen LogP contribution is 2.17. The normalized spacial score (nSPS) is 18.8. The fourth-order valence-corrected chi connectivity index (χ4v) is 3.92. The van der Waals surface area contributed by atoms with Crippen molar-refractivity contribution in [2.45, 2.75) is 70.4 Å². The molecule has 29 heavy (non-hydrogen) atoms. The van der Waals surface area contributed by atoms with Gasteiger partial charge in [0.05, 0.1) is 12.9 Å². The lowest BCUT2D eigenvalue weighted by atomic mass is 9.95. The summed E-state index contributed by atoms with van der Waals surface area (Å²) in [6.45, 7) is 4.40. The van der Waals surface area contributed by atoms with Gasteiger partial charge in [-0.05, 0) is 44.7 Å². The third kappa shape index (κ3) is 8.06. The molecule has 8 heteroatoms. The summed E-state index contributed by atoms with van der Waals surface area (Å²) >= 11 is 0. The molecule has 0 radical (unpaired) electrons. The van der Waals surface area contributed by atoms with Crippen molar-refractivity contribution in [2.75, 3.05) is 26.2 Å². The van der Waals surface area contributed by atoms with Crippen molar-refractivity contribution in [2.24, 2.45) is 4.99 Å². The fraction of sp³-hybridized carbons (Fsp3) is 0.714. The zero-order chi connectivity index (χ0) is 19.6. The van der Waals surface area contributed by atoms with Crippen LogP contribution in [0.1, 0.15) is 57.6 Å². The predicted octanol–water partition coefficient (Wildman–Crippen LogP) is 3.93. The van der Waals surface area contributed by atoms with Crippen molar-refractivity contribution < 1.29 is 13.9 Å². The van der Waals surface area contributed by atoms with Gasteiger partial charge in [0.2, 0.25) is 0 Å². The van der Waals surface area contributed by atoms with Crippen molar-refractivity contribution in [3.63, 3.8) is 0 Å². The number of ether oxygens (including phenoxy) is 1. The summed E-state index contributed by atoms with van der Waals surface area (Å²) in [7, 11) is 0. The van der Waals surface area contributed by atoms with Gasteiger partial charge in [0.15, 0.2) is 5.96 Å². The number of carbonyl (C=O) groups excluding carboxylic acids is 1. The molecule has 2 heterocycles. The Labute approximate surface area is 191 Å². The number of furan rings is 1. The molecule has 1 aliphatic carbocycles. The Morgan fingerprint density at radius 2 is 1.86 bits per heavy atom. The highest BCUT2D eigenvalue weighted by atomic mass is 127. The molecular weight excluding hydrogens is 483 g/mol. The Hall–Kier alpha value is -1.45. The Bertz CT molecular complexity index is 609. The SMILES string of the molecule is CCOC(=O)N1CCC(NC(=NCCc2ccco2)NC2CCCCC2)CC1.I. The van der Waals surface area contributed by atoms with E-state index in [0.29, 0.717) is 25.2 Å². The van der Waals surface area contributed by atoms with Gasteiger partial charge in [0.25, 0.3) is 0 Å². The first-order valence-electron chi connectivity index (χ1n) is 10.8. The average Bonchev–Trinajstić information content (AvgIpc) is 3.23. The summed E-state index contributed by atoms with van der Waals surface area (Å²) in [5, 5.41) is 7.24. The van der Waals surface area contributed by atoms with Crippen LogP contribution in [0.5, 0.6) is 0 Å². The number of halogens is 1. The lowest BCUT2D eigenvalue weighted by Gasteiger charge is -2.33. The fourth-order valence-electron chi connectivity index (χ4n) is 3.92. The summed E-state index contributed by atoms with van der Waals surface area (Å²) in [6, 6.07) is 4.73. The maximum absolute atomic E-state index is 11.9. The van der Waals surface area contributed by atoms with Crippen molar-refractivity contribution in [3.05, 3.63) is 24.2 Å². The lowest BCUT2D eigenvalue weighted by Crippen LogP contribution is -2.52. The minimum Gasteiger partial charge on any atom is -0.469 e. The van der Waals surface area contributed by atoms with Crippen LogP contribution >= 0.6 is 24.0 Å². The number of rotatable bonds is 6. The van der Waals surface area contributed by atoms with Crippen LogP contribution in [-0.2, 0) is 11.2 Å². The van der Waals surface area contributed by atoms with Crippen LogP contribution in [0.3, 0.4) is 0 Å². The topological polar surface area (TPSA) is 79.1 Å². The molecule has 1 saturated heterocycles. The summed E-state index contributed by atoms with van der Waals surface area (Å²) in [5.74, 6) is 1.86. The Balaban J connectivity index is 0.00000300. The molecule has 1 aromatic heterocycles. The first kappa shape index (κ1) is 23.8. The van der Waals surface area contributed by atoms with Crippen molar-refractivity contribution in [1.29, 1.82) is 0 Å². The number of hydrogen-bond donors (Lipinski definition) is 2. The van der Waals surface area contributed by atoms with Crippen LogP contribution in [0.25, 0.3) is 0 Å². The van der Waals surface area contributed by atoms with Crippen molar-refractivity contribution >= 4 is 36.0 Å². The van der Waals surface area contributed by atoms with E-state index in [9.17, 15) is 4.79 Å². The Morgan fingerprint density at radius 3 is 2.48 bits per heavy atom. The minimum atomic E-state index is -0.200. The minimum absolute atomic E-state index is 0. The molecule has 0 atom stereocenters. The van der Waals surface area contributed by atoms with Crippen LogP contribution in [-0.4, -0.2) is 55.3 Å². The number of guanidine groups is 1. The summed E-state index contributed by atoms with van der Waals surface area (Å²) < 4.78 is 10.5. The standard InChI is InChI=1S/C21H34N4O3.HI/c1-2-27-21(26)25-14-11-18(12-15-25)24-20(23-17-7-4-3-5-8-17)22-13-10-19-9-6-16-28-19;/h6,9,16-18H,2-5,7-8,10-15H2,1H3,(H2,22,23,24);1H. The number of hydrogen-bond acceptors (Lipinski definition) is 4. The molecule has 1 aliphatic heterocycles. The summed E-state index contributed by atoms with van der Waals surface area (Å²) in [5.41, 5.74) is 0. The van der Waals surface area contributed by atoms with Gasteiger partial charge in [-0.2, -0.15) is 0 Å². The van der Waals surface area contributed by atoms with Gasteiger partial charge >= 0.3 is 6.09 Å².